The fourth-order valence-corrected chi connectivity index (χ4v) is 1.55. The van der Waals surface area contributed by atoms with Crippen molar-refractivity contribution in [3.05, 3.63) is 0 Å². The first-order valence-corrected chi connectivity index (χ1v) is 4.27. The van der Waals surface area contributed by atoms with Crippen LogP contribution < -0.4 is 0 Å². The molecule has 1 atom stereocenters. The molecule has 62 valence electrons. The molecule has 1 saturated carbocycles. The van der Waals surface area contributed by atoms with Crippen LogP contribution in [0.25, 0.3) is 0 Å². The van der Waals surface area contributed by atoms with Gasteiger partial charge < -0.3 is 10.0 Å². The van der Waals surface area contributed by atoms with Crippen molar-refractivity contribution in [1.29, 1.82) is 0 Å². The van der Waals surface area contributed by atoms with Gasteiger partial charge >= 0.3 is 0 Å². The molecule has 0 aromatic heterocycles. The summed E-state index contributed by atoms with van der Waals surface area (Å²) in [5.41, 5.74) is 0. The molecule has 0 aromatic carbocycles. The molecule has 1 saturated heterocycles. The van der Waals surface area contributed by atoms with Gasteiger partial charge in [0.2, 0.25) is 5.91 Å². The van der Waals surface area contributed by atoms with Crippen LogP contribution in [0.1, 0.15) is 19.3 Å². The molecule has 0 bridgehead atoms. The second kappa shape index (κ2) is 2.48. The predicted molar refractivity (Wildman–Crippen MR) is 41.3 cm³/mol. The first-order valence-electron chi connectivity index (χ1n) is 4.27. The third-order valence-corrected chi connectivity index (χ3v) is 2.43. The van der Waals surface area contributed by atoms with Gasteiger partial charge in [-0.1, -0.05) is 0 Å². The predicted octanol–water partition coefficient (Wildman–Crippen LogP) is -0.278. The Morgan fingerprint density at radius 2 is 2.09 bits per heavy atom. The summed E-state index contributed by atoms with van der Waals surface area (Å²) >= 11 is 0. The van der Waals surface area contributed by atoms with E-state index in [9.17, 15) is 4.79 Å². The van der Waals surface area contributed by atoms with E-state index < -0.39 is 0 Å². The van der Waals surface area contributed by atoms with Gasteiger partial charge in [0.05, 0.1) is 6.54 Å². The molecule has 0 aromatic rings. The summed E-state index contributed by atoms with van der Waals surface area (Å²) in [6.45, 7) is 1.50. The minimum Gasteiger partial charge on any atom is -0.442 e. The molecule has 2 aliphatic rings. The largest absolute Gasteiger partial charge is 0.442 e. The smallest absolute Gasteiger partial charge is 0.225 e. The molecular weight excluding hydrogens is 142 g/mol. The molecule has 1 amide bonds. The Morgan fingerprint density at radius 3 is 2.55 bits per heavy atom. The topological polar surface area (TPSA) is 43.2 Å². The van der Waals surface area contributed by atoms with Crippen molar-refractivity contribution in [3.8, 4) is 0 Å². The van der Waals surface area contributed by atoms with Crippen LogP contribution in [0, 0.1) is 5.92 Å². The van der Waals surface area contributed by atoms with Gasteiger partial charge in [0.25, 0.3) is 0 Å². The summed E-state index contributed by atoms with van der Waals surface area (Å²) in [6.07, 6.45) is 3.02. The summed E-state index contributed by atoms with van der Waals surface area (Å²) < 4.78 is 0. The van der Waals surface area contributed by atoms with Crippen LogP contribution in [0.5, 0.6) is 0 Å². The number of rotatable bonds is 1. The summed E-state index contributed by atoms with van der Waals surface area (Å²) in [5, 5.41) is 7.42. The van der Waals surface area contributed by atoms with Gasteiger partial charge in [-0.05, 0) is 12.8 Å². The number of carbonyl (C=O) groups excluding carboxylic acids is 1. The summed E-state index contributed by atoms with van der Waals surface area (Å²) in [4.78, 5) is 13.3. The SMILES string of the molecule is O=C(C1CC1)N1CCC([OH2+])C1. The molecule has 3 heteroatoms. The van der Waals surface area contributed by atoms with Gasteiger partial charge in [-0.3, -0.25) is 4.79 Å². The van der Waals surface area contributed by atoms with Crippen LogP contribution in [0.15, 0.2) is 0 Å². The maximum absolute atomic E-state index is 11.4. The fourth-order valence-electron chi connectivity index (χ4n) is 1.55. The number of amides is 1. The van der Waals surface area contributed by atoms with E-state index in [4.69, 9.17) is 5.11 Å². The molecule has 2 rings (SSSR count). The van der Waals surface area contributed by atoms with Crippen LogP contribution in [-0.4, -0.2) is 35.1 Å². The minimum absolute atomic E-state index is 0.0160. The Hall–Kier alpha value is -0.570. The van der Waals surface area contributed by atoms with Gasteiger partial charge in [-0.25, -0.2) is 0 Å². The molecular formula is C8H14NO2+. The Morgan fingerprint density at radius 1 is 1.36 bits per heavy atom. The third-order valence-electron chi connectivity index (χ3n) is 2.43. The zero-order valence-electron chi connectivity index (χ0n) is 6.55. The Bertz CT molecular complexity index is 177. The Balaban J connectivity index is 1.89. The number of hydrogen-bond donors (Lipinski definition) is 0. The van der Waals surface area contributed by atoms with E-state index in [1.807, 2.05) is 4.90 Å². The van der Waals surface area contributed by atoms with E-state index in [2.05, 4.69) is 0 Å². The van der Waals surface area contributed by atoms with Crippen LogP contribution >= 0.6 is 0 Å². The summed E-state index contributed by atoms with van der Waals surface area (Å²) in [7, 11) is 0. The van der Waals surface area contributed by atoms with Crippen LogP contribution in [-0.2, 0) is 4.79 Å². The number of likely N-dealkylation sites (tertiary alicyclic amines) is 1. The van der Waals surface area contributed by atoms with Crippen molar-refractivity contribution in [1.82, 2.24) is 4.90 Å². The van der Waals surface area contributed by atoms with E-state index >= 15 is 0 Å². The molecule has 0 spiro atoms. The molecule has 2 N–H and O–H groups in total. The summed E-state index contributed by atoms with van der Waals surface area (Å²) in [6, 6.07) is 0. The van der Waals surface area contributed by atoms with Crippen molar-refractivity contribution in [2.24, 2.45) is 5.92 Å². The van der Waals surface area contributed by atoms with E-state index in [1.165, 1.54) is 0 Å². The molecule has 3 nitrogen and oxygen atoms in total. The minimum atomic E-state index is -0.0160. The maximum Gasteiger partial charge on any atom is 0.225 e. The van der Waals surface area contributed by atoms with Gasteiger partial charge in [0.15, 0.2) is 6.10 Å². The van der Waals surface area contributed by atoms with E-state index in [0.29, 0.717) is 18.4 Å². The normalized spacial score (nSPS) is 31.0. The van der Waals surface area contributed by atoms with Crippen molar-refractivity contribution in [2.45, 2.75) is 25.4 Å². The van der Waals surface area contributed by atoms with Gasteiger partial charge in [0, 0.05) is 18.9 Å². The zero-order chi connectivity index (χ0) is 7.84. The lowest BCUT2D eigenvalue weighted by Gasteiger charge is -2.13. The second-order valence-electron chi connectivity index (χ2n) is 3.54. The molecule has 1 unspecified atom stereocenters. The highest BCUT2D eigenvalue weighted by Gasteiger charge is 2.37. The van der Waals surface area contributed by atoms with E-state index in [0.717, 1.165) is 25.8 Å². The van der Waals surface area contributed by atoms with Crippen molar-refractivity contribution >= 4 is 5.91 Å². The summed E-state index contributed by atoms with van der Waals surface area (Å²) in [5.74, 6) is 0.639. The standard InChI is InChI=1S/C8H13NO2/c10-7-3-4-9(5-7)8(11)6-1-2-6/h6-7,10H,1-5H2/p+1. The first kappa shape index (κ1) is 7.10. The molecule has 1 aliphatic carbocycles. The highest BCUT2D eigenvalue weighted by atomic mass is 16.3. The zero-order valence-corrected chi connectivity index (χ0v) is 6.55. The van der Waals surface area contributed by atoms with Crippen molar-refractivity contribution < 1.29 is 9.90 Å². The van der Waals surface area contributed by atoms with E-state index in [1.54, 1.807) is 0 Å². The Labute approximate surface area is 66.0 Å². The average molecular weight is 156 g/mol. The highest BCUT2D eigenvalue weighted by Crippen LogP contribution is 2.31. The monoisotopic (exact) mass is 156 g/mol. The van der Waals surface area contributed by atoms with Crippen LogP contribution in [0.4, 0.5) is 0 Å². The fraction of sp³-hybridized carbons (Fsp3) is 0.875. The highest BCUT2D eigenvalue weighted by molar-refractivity contribution is 5.81. The number of hydrogen-bond acceptors (Lipinski definition) is 1. The van der Waals surface area contributed by atoms with E-state index in [-0.39, 0.29) is 6.10 Å². The lowest BCUT2D eigenvalue weighted by atomic mass is 10.3. The maximum atomic E-state index is 11.4. The van der Waals surface area contributed by atoms with Gasteiger partial charge in [-0.2, -0.15) is 0 Å². The third kappa shape index (κ3) is 1.38. The van der Waals surface area contributed by atoms with Crippen molar-refractivity contribution in [3.63, 3.8) is 0 Å². The van der Waals surface area contributed by atoms with Crippen molar-refractivity contribution in [2.75, 3.05) is 13.1 Å². The van der Waals surface area contributed by atoms with Crippen LogP contribution in [0.3, 0.4) is 0 Å². The molecule has 0 radical (unpaired) electrons. The van der Waals surface area contributed by atoms with Gasteiger partial charge in [0.1, 0.15) is 0 Å². The second-order valence-corrected chi connectivity index (χ2v) is 3.54. The molecule has 11 heavy (non-hydrogen) atoms. The van der Waals surface area contributed by atoms with Gasteiger partial charge in [-0.15, -0.1) is 0 Å². The number of carbonyl (C=O) groups is 1. The molecule has 2 fully saturated rings. The number of nitrogens with zero attached hydrogens (tertiary/aromatic N) is 1. The quantitative estimate of drug-likeness (QED) is 0.481. The lowest BCUT2D eigenvalue weighted by Crippen LogP contribution is -2.30. The average Bonchev–Trinajstić information content (AvgIpc) is 2.74. The van der Waals surface area contributed by atoms with Crippen LogP contribution in [0.2, 0.25) is 0 Å². The lowest BCUT2D eigenvalue weighted by molar-refractivity contribution is -0.131. The molecule has 1 aliphatic heterocycles. The first-order chi connectivity index (χ1) is 5.27. The Kier molecular flexibility index (Phi) is 1.60. The molecule has 1 heterocycles.